The maximum absolute atomic E-state index is 4.43. The second-order valence-electron chi connectivity index (χ2n) is 4.20. The third kappa shape index (κ3) is 2.09. The summed E-state index contributed by atoms with van der Waals surface area (Å²) in [5.41, 5.74) is 0. The van der Waals surface area contributed by atoms with Gasteiger partial charge in [-0.05, 0) is 24.3 Å². The van der Waals surface area contributed by atoms with Crippen molar-refractivity contribution in [2.24, 2.45) is 0 Å². The molecule has 1 aliphatic carbocycles. The Morgan fingerprint density at radius 2 is 2.06 bits per heavy atom. The molecule has 1 saturated carbocycles. The first-order valence-corrected chi connectivity index (χ1v) is 7.54. The Bertz CT molecular complexity index is 475. The van der Waals surface area contributed by atoms with Gasteiger partial charge < -0.3 is 0 Å². The number of nitrogens with zero attached hydrogens (tertiary/aromatic N) is 2. The van der Waals surface area contributed by atoms with Crippen LogP contribution < -0.4 is 0 Å². The van der Waals surface area contributed by atoms with Crippen molar-refractivity contribution in [3.05, 3.63) is 17.8 Å². The van der Waals surface area contributed by atoms with Crippen molar-refractivity contribution < 1.29 is 0 Å². The maximum Gasteiger partial charge on any atom is 0.127 e. The highest BCUT2D eigenvalue weighted by atomic mass is 32.2. The van der Waals surface area contributed by atoms with Crippen LogP contribution in [0, 0.1) is 0 Å². The quantitative estimate of drug-likeness (QED) is 0.750. The molecule has 0 amide bonds. The van der Waals surface area contributed by atoms with Crippen LogP contribution in [-0.4, -0.2) is 15.2 Å². The first-order chi connectivity index (χ1) is 7.93. The number of thioether (sulfide) groups is 1. The molecule has 0 N–H and O–H groups in total. The highest BCUT2D eigenvalue weighted by Gasteiger charge is 2.16. The fourth-order valence-electron chi connectivity index (χ4n) is 2.20. The minimum atomic E-state index is 0.770. The predicted octanol–water partition coefficient (Wildman–Crippen LogP) is 4.12. The maximum atomic E-state index is 4.43. The van der Waals surface area contributed by atoms with Gasteiger partial charge in [-0.3, -0.25) is 0 Å². The molecule has 2 nitrogen and oxygen atoms in total. The van der Waals surface area contributed by atoms with Crippen LogP contribution in [0.2, 0.25) is 0 Å². The lowest BCUT2D eigenvalue weighted by Crippen LogP contribution is -2.08. The summed E-state index contributed by atoms with van der Waals surface area (Å²) in [6.45, 7) is 0. The smallest absolute Gasteiger partial charge is 0.127 e. The van der Waals surface area contributed by atoms with Crippen molar-refractivity contribution in [2.75, 3.05) is 0 Å². The van der Waals surface area contributed by atoms with Crippen molar-refractivity contribution in [2.45, 2.75) is 42.4 Å². The fraction of sp³-hybridized carbons (Fsp3) is 0.500. The molecule has 4 heteroatoms. The van der Waals surface area contributed by atoms with Crippen molar-refractivity contribution >= 4 is 33.3 Å². The van der Waals surface area contributed by atoms with E-state index in [0.717, 1.165) is 10.1 Å². The molecular weight excluding hydrogens is 236 g/mol. The standard InChI is InChI=1S/C12H14N2S2/c1-2-4-9(5-3-1)16-12-10-6-7-15-11(10)13-8-14-12/h6-9H,1-5H2. The van der Waals surface area contributed by atoms with Gasteiger partial charge in [0.2, 0.25) is 0 Å². The molecule has 0 aromatic carbocycles. The van der Waals surface area contributed by atoms with Crippen LogP contribution in [0.4, 0.5) is 0 Å². The van der Waals surface area contributed by atoms with E-state index in [4.69, 9.17) is 0 Å². The zero-order valence-corrected chi connectivity index (χ0v) is 10.7. The first-order valence-electron chi connectivity index (χ1n) is 5.78. The number of aromatic nitrogens is 2. The number of hydrogen-bond acceptors (Lipinski definition) is 4. The Kier molecular flexibility index (Phi) is 3.11. The van der Waals surface area contributed by atoms with E-state index in [1.54, 1.807) is 17.7 Å². The minimum absolute atomic E-state index is 0.770. The third-order valence-electron chi connectivity index (χ3n) is 3.06. The summed E-state index contributed by atoms with van der Waals surface area (Å²) in [6, 6.07) is 2.14. The van der Waals surface area contributed by atoms with E-state index in [0.29, 0.717) is 0 Å². The van der Waals surface area contributed by atoms with Gasteiger partial charge in [-0.2, -0.15) is 0 Å². The summed E-state index contributed by atoms with van der Waals surface area (Å²) in [4.78, 5) is 9.84. The van der Waals surface area contributed by atoms with E-state index in [-0.39, 0.29) is 0 Å². The zero-order valence-electron chi connectivity index (χ0n) is 9.06. The number of fused-ring (bicyclic) bond motifs is 1. The average molecular weight is 250 g/mol. The molecule has 0 bridgehead atoms. The molecule has 0 aliphatic heterocycles. The molecule has 0 radical (unpaired) electrons. The molecule has 2 aromatic heterocycles. The Balaban J connectivity index is 1.85. The lowest BCUT2D eigenvalue weighted by Gasteiger charge is -2.20. The molecule has 84 valence electrons. The van der Waals surface area contributed by atoms with Crippen LogP contribution >= 0.6 is 23.1 Å². The van der Waals surface area contributed by atoms with E-state index in [9.17, 15) is 0 Å². The minimum Gasteiger partial charge on any atom is -0.229 e. The zero-order chi connectivity index (χ0) is 10.8. The Morgan fingerprint density at radius 1 is 1.19 bits per heavy atom. The molecule has 0 atom stereocenters. The fourth-order valence-corrected chi connectivity index (χ4v) is 4.28. The van der Waals surface area contributed by atoms with Crippen molar-refractivity contribution in [1.82, 2.24) is 9.97 Å². The lowest BCUT2D eigenvalue weighted by atomic mass is 10.0. The monoisotopic (exact) mass is 250 g/mol. The highest BCUT2D eigenvalue weighted by Crippen LogP contribution is 2.36. The Morgan fingerprint density at radius 3 is 2.94 bits per heavy atom. The van der Waals surface area contributed by atoms with Crippen LogP contribution in [0.25, 0.3) is 10.2 Å². The normalized spacial score (nSPS) is 18.0. The van der Waals surface area contributed by atoms with Crippen LogP contribution in [0.3, 0.4) is 0 Å². The van der Waals surface area contributed by atoms with E-state index < -0.39 is 0 Å². The number of thiophene rings is 1. The van der Waals surface area contributed by atoms with E-state index in [1.807, 2.05) is 11.8 Å². The SMILES string of the molecule is c1nc(SC2CCCCC2)c2ccsc2n1. The summed E-state index contributed by atoms with van der Waals surface area (Å²) >= 11 is 3.65. The average Bonchev–Trinajstić information content (AvgIpc) is 2.80. The predicted molar refractivity (Wildman–Crippen MR) is 70.1 cm³/mol. The third-order valence-corrected chi connectivity index (χ3v) is 5.23. The second kappa shape index (κ2) is 4.72. The molecular formula is C12H14N2S2. The molecule has 16 heavy (non-hydrogen) atoms. The summed E-state index contributed by atoms with van der Waals surface area (Å²) in [5, 5.41) is 5.29. The molecule has 3 rings (SSSR count). The molecule has 0 saturated heterocycles. The second-order valence-corrected chi connectivity index (χ2v) is 6.38. The van der Waals surface area contributed by atoms with Gasteiger partial charge in [0.15, 0.2) is 0 Å². The Labute approximate surface area is 103 Å². The van der Waals surface area contributed by atoms with E-state index in [1.165, 1.54) is 42.5 Å². The van der Waals surface area contributed by atoms with Gasteiger partial charge in [-0.25, -0.2) is 9.97 Å². The van der Waals surface area contributed by atoms with Gasteiger partial charge in [0, 0.05) is 10.6 Å². The summed E-state index contributed by atoms with van der Waals surface area (Å²) in [7, 11) is 0. The van der Waals surface area contributed by atoms with E-state index in [2.05, 4.69) is 21.4 Å². The summed E-state index contributed by atoms with van der Waals surface area (Å²) in [6.07, 6.45) is 8.57. The van der Waals surface area contributed by atoms with E-state index >= 15 is 0 Å². The molecule has 0 spiro atoms. The summed E-state index contributed by atoms with van der Waals surface area (Å²) < 4.78 is 0. The van der Waals surface area contributed by atoms with Crippen molar-refractivity contribution in [1.29, 1.82) is 0 Å². The molecule has 1 aliphatic rings. The highest BCUT2D eigenvalue weighted by molar-refractivity contribution is 8.00. The van der Waals surface area contributed by atoms with Gasteiger partial charge in [0.1, 0.15) is 16.2 Å². The van der Waals surface area contributed by atoms with Crippen molar-refractivity contribution in [3.63, 3.8) is 0 Å². The van der Waals surface area contributed by atoms with Gasteiger partial charge in [-0.15, -0.1) is 23.1 Å². The summed E-state index contributed by atoms with van der Waals surface area (Å²) in [5.74, 6) is 0. The van der Waals surface area contributed by atoms with Crippen molar-refractivity contribution in [3.8, 4) is 0 Å². The molecule has 2 heterocycles. The topological polar surface area (TPSA) is 25.8 Å². The number of hydrogen-bond donors (Lipinski definition) is 0. The molecule has 1 fully saturated rings. The molecule has 2 aromatic rings. The largest absolute Gasteiger partial charge is 0.229 e. The van der Waals surface area contributed by atoms with Crippen LogP contribution in [0.1, 0.15) is 32.1 Å². The Hall–Kier alpha value is -0.610. The molecule has 0 unspecified atom stereocenters. The van der Waals surface area contributed by atoms with Gasteiger partial charge >= 0.3 is 0 Å². The van der Waals surface area contributed by atoms with Crippen LogP contribution in [-0.2, 0) is 0 Å². The first kappa shape index (κ1) is 10.5. The van der Waals surface area contributed by atoms with Gasteiger partial charge in [0.25, 0.3) is 0 Å². The van der Waals surface area contributed by atoms with Crippen LogP contribution in [0.5, 0.6) is 0 Å². The lowest BCUT2D eigenvalue weighted by molar-refractivity contribution is 0.516. The van der Waals surface area contributed by atoms with Gasteiger partial charge in [-0.1, -0.05) is 19.3 Å². The number of rotatable bonds is 2. The van der Waals surface area contributed by atoms with Crippen LogP contribution in [0.15, 0.2) is 22.8 Å². The van der Waals surface area contributed by atoms with Gasteiger partial charge in [0.05, 0.1) is 0 Å².